The Morgan fingerprint density at radius 3 is 2.77 bits per heavy atom. The number of aliphatic imine (C=N–C) groups is 1. The lowest BCUT2D eigenvalue weighted by molar-refractivity contribution is -0.118. The zero-order valence-electron chi connectivity index (χ0n) is 11.5. The molecule has 6 heteroatoms. The second-order valence-corrected chi connectivity index (χ2v) is 5.39. The highest BCUT2D eigenvalue weighted by Gasteiger charge is 2.24. The van der Waals surface area contributed by atoms with Crippen LogP contribution < -0.4 is 11.1 Å². The Hall–Kier alpha value is -2.40. The molecule has 0 spiro atoms. The summed E-state index contributed by atoms with van der Waals surface area (Å²) in [7, 11) is 0. The lowest BCUT2D eigenvalue weighted by atomic mass is 10.00. The summed E-state index contributed by atoms with van der Waals surface area (Å²) in [6.07, 6.45) is 0. The SMILES string of the molecule is NC(=O)C1CN=C(c2ccccc2F)c2cc(Cl)ccc2N1. The van der Waals surface area contributed by atoms with E-state index in [4.69, 9.17) is 17.3 Å². The molecule has 0 fully saturated rings. The Bertz CT molecular complexity index is 776. The molecule has 4 nitrogen and oxygen atoms in total. The number of benzodiazepines with no additional fused rings is 1. The molecule has 0 saturated heterocycles. The van der Waals surface area contributed by atoms with E-state index in [0.717, 1.165) is 0 Å². The minimum Gasteiger partial charge on any atom is -0.372 e. The summed E-state index contributed by atoms with van der Waals surface area (Å²) in [5.74, 6) is -0.899. The lowest BCUT2D eigenvalue weighted by Gasteiger charge is -2.14. The van der Waals surface area contributed by atoms with E-state index in [1.54, 1.807) is 36.4 Å². The Morgan fingerprint density at radius 1 is 1.27 bits per heavy atom. The van der Waals surface area contributed by atoms with Gasteiger partial charge in [0.05, 0.1) is 12.3 Å². The maximum absolute atomic E-state index is 14.1. The molecule has 2 aromatic rings. The van der Waals surface area contributed by atoms with E-state index in [1.807, 2.05) is 0 Å². The molecule has 3 rings (SSSR count). The van der Waals surface area contributed by atoms with E-state index in [9.17, 15) is 9.18 Å². The summed E-state index contributed by atoms with van der Waals surface area (Å²) in [5.41, 5.74) is 7.46. The summed E-state index contributed by atoms with van der Waals surface area (Å²) < 4.78 is 14.1. The number of hydrogen-bond donors (Lipinski definition) is 2. The van der Waals surface area contributed by atoms with Crippen molar-refractivity contribution in [3.8, 4) is 0 Å². The monoisotopic (exact) mass is 317 g/mol. The van der Waals surface area contributed by atoms with Crippen molar-refractivity contribution in [2.75, 3.05) is 11.9 Å². The van der Waals surface area contributed by atoms with Crippen LogP contribution in [0.1, 0.15) is 11.1 Å². The molecule has 0 aromatic heterocycles. The highest BCUT2D eigenvalue weighted by Crippen LogP contribution is 2.27. The van der Waals surface area contributed by atoms with Crippen LogP contribution in [0.3, 0.4) is 0 Å². The van der Waals surface area contributed by atoms with Crippen LogP contribution >= 0.6 is 11.6 Å². The molecule has 0 saturated carbocycles. The van der Waals surface area contributed by atoms with Gasteiger partial charge in [-0.15, -0.1) is 0 Å². The fourth-order valence-corrected chi connectivity index (χ4v) is 2.56. The second kappa shape index (κ2) is 5.77. The van der Waals surface area contributed by atoms with Gasteiger partial charge in [0.1, 0.15) is 11.9 Å². The van der Waals surface area contributed by atoms with Crippen molar-refractivity contribution in [2.45, 2.75) is 6.04 Å². The molecule has 1 aliphatic rings. The van der Waals surface area contributed by atoms with Crippen LogP contribution in [0.25, 0.3) is 0 Å². The quantitative estimate of drug-likeness (QED) is 0.894. The molecule has 2 aromatic carbocycles. The number of amides is 1. The average Bonchev–Trinajstić information content (AvgIpc) is 2.67. The summed E-state index contributed by atoms with van der Waals surface area (Å²) in [6.45, 7) is 0.130. The van der Waals surface area contributed by atoms with Crippen molar-refractivity contribution < 1.29 is 9.18 Å². The Kier molecular flexibility index (Phi) is 3.81. The molecule has 1 aliphatic heterocycles. The molecule has 1 heterocycles. The highest BCUT2D eigenvalue weighted by atomic mass is 35.5. The van der Waals surface area contributed by atoms with Crippen molar-refractivity contribution in [3.05, 3.63) is 64.4 Å². The zero-order valence-corrected chi connectivity index (χ0v) is 12.3. The van der Waals surface area contributed by atoms with Gasteiger partial charge in [0.2, 0.25) is 5.91 Å². The molecule has 1 amide bonds. The van der Waals surface area contributed by atoms with Gasteiger partial charge in [-0.3, -0.25) is 9.79 Å². The van der Waals surface area contributed by atoms with Gasteiger partial charge in [0.15, 0.2) is 0 Å². The molecule has 1 unspecified atom stereocenters. The predicted octanol–water partition coefficient (Wildman–Crippen LogP) is 2.60. The third-order valence-electron chi connectivity index (χ3n) is 3.47. The molecule has 112 valence electrons. The Balaban J connectivity index is 2.19. The summed E-state index contributed by atoms with van der Waals surface area (Å²) in [5, 5.41) is 3.54. The van der Waals surface area contributed by atoms with Crippen molar-refractivity contribution in [1.82, 2.24) is 0 Å². The van der Waals surface area contributed by atoms with Gasteiger partial charge in [0, 0.05) is 21.8 Å². The number of anilines is 1. The number of nitrogens with two attached hydrogens (primary N) is 1. The number of carbonyl (C=O) groups excluding carboxylic acids is 1. The minimum atomic E-state index is -0.649. The van der Waals surface area contributed by atoms with E-state index in [0.29, 0.717) is 27.5 Å². The van der Waals surface area contributed by atoms with Crippen LogP contribution in [0.5, 0.6) is 0 Å². The van der Waals surface area contributed by atoms with E-state index < -0.39 is 11.9 Å². The van der Waals surface area contributed by atoms with Crippen LogP contribution in [0, 0.1) is 5.82 Å². The molecule has 0 aliphatic carbocycles. The number of fused-ring (bicyclic) bond motifs is 1. The fourth-order valence-electron chi connectivity index (χ4n) is 2.38. The maximum atomic E-state index is 14.1. The predicted molar refractivity (Wildman–Crippen MR) is 85.0 cm³/mol. The number of halogens is 2. The normalized spacial score (nSPS) is 17.0. The van der Waals surface area contributed by atoms with E-state index >= 15 is 0 Å². The molecule has 1 atom stereocenters. The van der Waals surface area contributed by atoms with Gasteiger partial charge in [-0.2, -0.15) is 0 Å². The van der Waals surface area contributed by atoms with Gasteiger partial charge in [-0.1, -0.05) is 23.7 Å². The van der Waals surface area contributed by atoms with Crippen molar-refractivity contribution in [2.24, 2.45) is 10.7 Å². The third kappa shape index (κ3) is 2.67. The van der Waals surface area contributed by atoms with Gasteiger partial charge >= 0.3 is 0 Å². The minimum absolute atomic E-state index is 0.130. The fraction of sp³-hybridized carbons (Fsp3) is 0.125. The molecule has 0 bridgehead atoms. The molecule has 0 radical (unpaired) electrons. The van der Waals surface area contributed by atoms with Crippen LogP contribution in [-0.2, 0) is 4.79 Å². The van der Waals surface area contributed by atoms with E-state index in [1.165, 1.54) is 6.07 Å². The Labute approximate surface area is 131 Å². The first-order chi connectivity index (χ1) is 10.6. The van der Waals surface area contributed by atoms with Crippen LogP contribution in [0.4, 0.5) is 10.1 Å². The average molecular weight is 318 g/mol. The first kappa shape index (κ1) is 14.5. The van der Waals surface area contributed by atoms with Crippen LogP contribution in [-0.4, -0.2) is 24.2 Å². The number of benzene rings is 2. The maximum Gasteiger partial charge on any atom is 0.241 e. The number of hydrogen-bond acceptors (Lipinski definition) is 3. The van der Waals surface area contributed by atoms with Gasteiger partial charge in [-0.05, 0) is 30.3 Å². The van der Waals surface area contributed by atoms with Crippen molar-refractivity contribution >= 4 is 28.9 Å². The second-order valence-electron chi connectivity index (χ2n) is 4.96. The first-order valence-electron chi connectivity index (χ1n) is 6.71. The van der Waals surface area contributed by atoms with Gasteiger partial charge in [0.25, 0.3) is 0 Å². The number of primary amides is 1. The van der Waals surface area contributed by atoms with Crippen molar-refractivity contribution in [1.29, 1.82) is 0 Å². The number of carbonyl (C=O) groups is 1. The van der Waals surface area contributed by atoms with Gasteiger partial charge < -0.3 is 11.1 Å². The third-order valence-corrected chi connectivity index (χ3v) is 3.71. The topological polar surface area (TPSA) is 67.5 Å². The van der Waals surface area contributed by atoms with Crippen molar-refractivity contribution in [3.63, 3.8) is 0 Å². The van der Waals surface area contributed by atoms with E-state index in [2.05, 4.69) is 10.3 Å². The molecule has 22 heavy (non-hydrogen) atoms. The number of nitrogens with one attached hydrogen (secondary N) is 1. The molecule has 3 N–H and O–H groups in total. The summed E-state index contributed by atoms with van der Waals surface area (Å²) in [6, 6.07) is 10.8. The smallest absolute Gasteiger partial charge is 0.241 e. The van der Waals surface area contributed by atoms with Gasteiger partial charge in [-0.25, -0.2) is 4.39 Å². The largest absolute Gasteiger partial charge is 0.372 e. The van der Waals surface area contributed by atoms with Crippen LogP contribution in [0.2, 0.25) is 5.02 Å². The van der Waals surface area contributed by atoms with E-state index in [-0.39, 0.29) is 12.4 Å². The molecular weight excluding hydrogens is 305 g/mol. The highest BCUT2D eigenvalue weighted by molar-refractivity contribution is 6.31. The first-order valence-corrected chi connectivity index (χ1v) is 7.09. The summed E-state index contributed by atoms with van der Waals surface area (Å²) >= 11 is 6.05. The lowest BCUT2D eigenvalue weighted by Crippen LogP contribution is -2.37. The zero-order chi connectivity index (χ0) is 15.7. The summed E-state index contributed by atoms with van der Waals surface area (Å²) in [4.78, 5) is 15.9. The molecular formula is C16H13ClFN3O. The standard InChI is InChI=1S/C16H13ClFN3O/c17-9-5-6-13-11(7-9)15(10-3-1-2-4-12(10)18)20-8-14(21-13)16(19)22/h1-7,14,21H,8H2,(H2,19,22). The number of rotatable bonds is 2. The Morgan fingerprint density at radius 2 is 2.05 bits per heavy atom. The number of nitrogens with zero attached hydrogens (tertiary/aromatic N) is 1. The van der Waals surface area contributed by atoms with Crippen LogP contribution in [0.15, 0.2) is 47.5 Å².